The van der Waals surface area contributed by atoms with Gasteiger partial charge in [0.15, 0.2) is 11.5 Å². The normalized spacial score (nSPS) is 24.2. The summed E-state index contributed by atoms with van der Waals surface area (Å²) in [5, 5.41) is 18.2. The molecule has 1 aromatic carbocycles. The average Bonchev–Trinajstić information content (AvgIpc) is 2.95. The molecule has 0 saturated heterocycles. The molecule has 1 saturated carbocycles. The first-order valence-electron chi connectivity index (χ1n) is 5.01. The van der Waals surface area contributed by atoms with Gasteiger partial charge >= 0.3 is 12.4 Å². The van der Waals surface area contributed by atoms with Crippen molar-refractivity contribution in [3.63, 3.8) is 0 Å². The standard InChI is InChI=1S/C11H10O5/c12-9(13)11(3-4-11)6-1-2-7-8(5-6)16-10(14)15-7/h1-2,5,10,14H,3-4H2,(H,12,13). The first kappa shape index (κ1) is 9.47. The molecule has 1 atom stereocenters. The topological polar surface area (TPSA) is 76.0 Å². The molecule has 5 heteroatoms. The molecule has 1 heterocycles. The van der Waals surface area contributed by atoms with Crippen LogP contribution in [0.5, 0.6) is 11.5 Å². The van der Waals surface area contributed by atoms with Gasteiger partial charge in [0.05, 0.1) is 5.41 Å². The van der Waals surface area contributed by atoms with E-state index in [1.54, 1.807) is 18.2 Å². The van der Waals surface area contributed by atoms with Gasteiger partial charge in [-0.05, 0) is 30.5 Å². The molecule has 1 aliphatic heterocycles. The van der Waals surface area contributed by atoms with Gasteiger partial charge in [-0.2, -0.15) is 0 Å². The molecule has 0 radical (unpaired) electrons. The second-order valence-electron chi connectivity index (χ2n) is 4.09. The van der Waals surface area contributed by atoms with Crippen molar-refractivity contribution >= 4 is 5.97 Å². The number of rotatable bonds is 2. The monoisotopic (exact) mass is 222 g/mol. The summed E-state index contributed by atoms with van der Waals surface area (Å²) >= 11 is 0. The zero-order valence-corrected chi connectivity index (χ0v) is 8.34. The van der Waals surface area contributed by atoms with Crippen LogP contribution in [0.4, 0.5) is 0 Å². The van der Waals surface area contributed by atoms with Crippen LogP contribution in [-0.2, 0) is 10.2 Å². The number of carboxylic acids is 1. The SMILES string of the molecule is O=C(O)C1(c2ccc3c(c2)OC(O)O3)CC1. The van der Waals surface area contributed by atoms with Crippen molar-refractivity contribution in [2.24, 2.45) is 0 Å². The van der Waals surface area contributed by atoms with Gasteiger partial charge in [0.2, 0.25) is 0 Å². The highest BCUT2D eigenvalue weighted by Gasteiger charge is 2.52. The van der Waals surface area contributed by atoms with Gasteiger partial charge in [-0.3, -0.25) is 4.79 Å². The highest BCUT2D eigenvalue weighted by Crippen LogP contribution is 2.50. The summed E-state index contributed by atoms with van der Waals surface area (Å²) in [7, 11) is 0. The van der Waals surface area contributed by atoms with Crippen LogP contribution in [0.3, 0.4) is 0 Å². The van der Waals surface area contributed by atoms with E-state index in [9.17, 15) is 4.79 Å². The van der Waals surface area contributed by atoms with E-state index in [4.69, 9.17) is 19.7 Å². The molecule has 0 amide bonds. The van der Waals surface area contributed by atoms with Gasteiger partial charge in [-0.25, -0.2) is 0 Å². The van der Waals surface area contributed by atoms with Crippen LogP contribution >= 0.6 is 0 Å². The molecular weight excluding hydrogens is 212 g/mol. The minimum atomic E-state index is -1.29. The van der Waals surface area contributed by atoms with Crippen LogP contribution in [-0.4, -0.2) is 22.7 Å². The zero-order chi connectivity index (χ0) is 11.3. The quantitative estimate of drug-likeness (QED) is 0.775. The molecular formula is C11H10O5. The van der Waals surface area contributed by atoms with E-state index < -0.39 is 17.9 Å². The van der Waals surface area contributed by atoms with Gasteiger partial charge in [0.1, 0.15) is 0 Å². The number of aliphatic hydroxyl groups is 1. The van der Waals surface area contributed by atoms with Crippen LogP contribution in [0.1, 0.15) is 18.4 Å². The molecule has 1 fully saturated rings. The second-order valence-corrected chi connectivity index (χ2v) is 4.09. The van der Waals surface area contributed by atoms with E-state index >= 15 is 0 Å². The number of aliphatic hydroxyl groups excluding tert-OH is 1. The van der Waals surface area contributed by atoms with Crippen molar-refractivity contribution in [3.8, 4) is 11.5 Å². The predicted octanol–water partition coefficient (Wildman–Crippen LogP) is 0.850. The first-order chi connectivity index (χ1) is 7.62. The third-order valence-corrected chi connectivity index (χ3v) is 3.11. The summed E-state index contributed by atoms with van der Waals surface area (Å²) in [5.74, 6) is 0.0295. The Kier molecular flexibility index (Phi) is 1.71. The summed E-state index contributed by atoms with van der Waals surface area (Å²) in [4.78, 5) is 11.1. The number of aliphatic carboxylic acids is 1. The Hall–Kier alpha value is -1.75. The number of carbonyl (C=O) groups is 1. The van der Waals surface area contributed by atoms with Gasteiger partial charge in [-0.15, -0.1) is 0 Å². The second kappa shape index (κ2) is 2.89. The smallest absolute Gasteiger partial charge is 0.358 e. The highest BCUT2D eigenvalue weighted by atomic mass is 16.8. The lowest BCUT2D eigenvalue weighted by Gasteiger charge is -2.10. The number of benzene rings is 1. The Morgan fingerprint density at radius 1 is 1.31 bits per heavy atom. The van der Waals surface area contributed by atoms with Gasteiger partial charge < -0.3 is 19.7 Å². The van der Waals surface area contributed by atoms with Gasteiger partial charge in [0, 0.05) is 0 Å². The lowest BCUT2D eigenvalue weighted by atomic mass is 9.96. The number of hydrogen-bond acceptors (Lipinski definition) is 4. The molecule has 0 aromatic heterocycles. The predicted molar refractivity (Wildman–Crippen MR) is 52.3 cm³/mol. The third kappa shape index (κ3) is 1.18. The lowest BCUT2D eigenvalue weighted by molar-refractivity contribution is -0.140. The third-order valence-electron chi connectivity index (χ3n) is 3.11. The number of hydrogen-bond donors (Lipinski definition) is 2. The fourth-order valence-corrected chi connectivity index (χ4v) is 1.99. The Morgan fingerprint density at radius 2 is 2.00 bits per heavy atom. The Labute approximate surface area is 91.2 Å². The molecule has 1 aromatic rings. The Bertz CT molecular complexity index is 463. The number of fused-ring (bicyclic) bond motifs is 1. The minimum Gasteiger partial charge on any atom is -0.481 e. The highest BCUT2D eigenvalue weighted by molar-refractivity contribution is 5.85. The minimum absolute atomic E-state index is 0.400. The average molecular weight is 222 g/mol. The summed E-state index contributed by atoms with van der Waals surface area (Å²) in [6, 6.07) is 4.97. The molecule has 2 aliphatic rings. The van der Waals surface area contributed by atoms with E-state index in [1.807, 2.05) is 0 Å². The molecule has 0 bridgehead atoms. The molecule has 1 unspecified atom stereocenters. The summed E-state index contributed by atoms with van der Waals surface area (Å²) in [6.45, 7) is -1.29. The maximum absolute atomic E-state index is 11.1. The van der Waals surface area contributed by atoms with Crippen molar-refractivity contribution in [2.75, 3.05) is 0 Å². The van der Waals surface area contributed by atoms with E-state index in [0.29, 0.717) is 29.9 Å². The van der Waals surface area contributed by atoms with E-state index in [1.165, 1.54) is 0 Å². The molecule has 1 aliphatic carbocycles. The van der Waals surface area contributed by atoms with Crippen LogP contribution in [0.25, 0.3) is 0 Å². The summed E-state index contributed by atoms with van der Waals surface area (Å²) < 4.78 is 9.93. The van der Waals surface area contributed by atoms with Crippen molar-refractivity contribution in [3.05, 3.63) is 23.8 Å². The molecule has 2 N–H and O–H groups in total. The molecule has 84 valence electrons. The zero-order valence-electron chi connectivity index (χ0n) is 8.34. The first-order valence-corrected chi connectivity index (χ1v) is 5.01. The van der Waals surface area contributed by atoms with E-state index in [0.717, 1.165) is 0 Å². The number of carboxylic acid groups (broad SMARTS) is 1. The van der Waals surface area contributed by atoms with Crippen molar-refractivity contribution < 1.29 is 24.5 Å². The van der Waals surface area contributed by atoms with Crippen molar-refractivity contribution in [1.29, 1.82) is 0 Å². The van der Waals surface area contributed by atoms with E-state index in [-0.39, 0.29) is 0 Å². The summed E-state index contributed by atoms with van der Waals surface area (Å²) in [5.41, 5.74) is -0.0530. The van der Waals surface area contributed by atoms with Crippen molar-refractivity contribution in [2.45, 2.75) is 24.7 Å². The van der Waals surface area contributed by atoms with Crippen LogP contribution in [0.2, 0.25) is 0 Å². The molecule has 5 nitrogen and oxygen atoms in total. The largest absolute Gasteiger partial charge is 0.481 e. The van der Waals surface area contributed by atoms with Crippen LogP contribution in [0.15, 0.2) is 18.2 Å². The number of ether oxygens (including phenoxy) is 2. The van der Waals surface area contributed by atoms with E-state index in [2.05, 4.69) is 0 Å². The maximum atomic E-state index is 11.1. The maximum Gasteiger partial charge on any atom is 0.358 e. The van der Waals surface area contributed by atoms with Crippen molar-refractivity contribution in [1.82, 2.24) is 0 Å². The fourth-order valence-electron chi connectivity index (χ4n) is 1.99. The lowest BCUT2D eigenvalue weighted by Crippen LogP contribution is -2.19. The molecule has 0 spiro atoms. The van der Waals surface area contributed by atoms with Gasteiger partial charge in [-0.1, -0.05) is 6.07 Å². The Balaban J connectivity index is 2.00. The van der Waals surface area contributed by atoms with Crippen LogP contribution < -0.4 is 9.47 Å². The van der Waals surface area contributed by atoms with Gasteiger partial charge in [0.25, 0.3) is 0 Å². The molecule has 3 rings (SSSR count). The molecule has 16 heavy (non-hydrogen) atoms. The Morgan fingerprint density at radius 3 is 2.62 bits per heavy atom. The fraction of sp³-hybridized carbons (Fsp3) is 0.364. The summed E-state index contributed by atoms with van der Waals surface area (Å²) in [6.07, 6.45) is 1.29. The van der Waals surface area contributed by atoms with Crippen LogP contribution in [0, 0.1) is 0 Å².